The molecule has 0 saturated carbocycles. The molecule has 2 unspecified atom stereocenters. The third kappa shape index (κ3) is 1.79. The first-order valence-electron chi connectivity index (χ1n) is 6.10. The molecule has 108 valence electrons. The van der Waals surface area contributed by atoms with E-state index in [9.17, 15) is 18.8 Å². The Labute approximate surface area is 118 Å². The number of hydrogen-bond acceptors (Lipinski definition) is 6. The van der Waals surface area contributed by atoms with Crippen LogP contribution in [0.15, 0.2) is 29.4 Å². The van der Waals surface area contributed by atoms with E-state index in [1.807, 2.05) is 0 Å². The monoisotopic (exact) mass is 291 g/mol. The Morgan fingerprint density at radius 1 is 1.33 bits per heavy atom. The number of methoxy groups -OCH3 is 1. The van der Waals surface area contributed by atoms with Gasteiger partial charge in [-0.15, -0.1) is 0 Å². The number of hydrogen-bond donors (Lipinski definition) is 1. The summed E-state index contributed by atoms with van der Waals surface area (Å²) in [7, 11) is 1.15. The topological polar surface area (TPSA) is 88.1 Å². The lowest BCUT2D eigenvalue weighted by molar-refractivity contribution is -0.133. The van der Waals surface area contributed by atoms with Crippen molar-refractivity contribution in [2.45, 2.75) is 6.04 Å². The van der Waals surface area contributed by atoms with Crippen molar-refractivity contribution in [3.05, 3.63) is 30.1 Å². The largest absolute Gasteiger partial charge is 0.464 e. The number of anilines is 1. The summed E-state index contributed by atoms with van der Waals surface area (Å²) in [4.78, 5) is 36.9. The summed E-state index contributed by atoms with van der Waals surface area (Å²) in [5, 5.41) is 3.67. The van der Waals surface area contributed by atoms with E-state index < -0.39 is 35.6 Å². The molecule has 8 heteroatoms. The Balaban J connectivity index is 2.00. The Morgan fingerprint density at radius 3 is 2.71 bits per heavy atom. The van der Waals surface area contributed by atoms with Gasteiger partial charge in [0.1, 0.15) is 17.8 Å². The fraction of sp³-hybridized carbons (Fsp3) is 0.231. The first-order valence-corrected chi connectivity index (χ1v) is 6.10. The molecule has 1 saturated heterocycles. The predicted octanol–water partition coefficient (Wildman–Crippen LogP) is -0.184. The van der Waals surface area contributed by atoms with Crippen molar-refractivity contribution in [2.24, 2.45) is 11.0 Å². The zero-order valence-electron chi connectivity index (χ0n) is 10.9. The zero-order valence-corrected chi connectivity index (χ0v) is 10.9. The normalized spacial score (nSPS) is 23.7. The summed E-state index contributed by atoms with van der Waals surface area (Å²) in [6.07, 6.45) is 0. The molecule has 3 rings (SSSR count). The van der Waals surface area contributed by atoms with E-state index in [1.165, 1.54) is 18.2 Å². The molecule has 2 aliphatic rings. The highest BCUT2D eigenvalue weighted by molar-refractivity contribution is 6.46. The fourth-order valence-electron chi connectivity index (χ4n) is 2.43. The van der Waals surface area contributed by atoms with Crippen LogP contribution in [-0.2, 0) is 19.1 Å². The highest BCUT2D eigenvalue weighted by atomic mass is 19.1. The van der Waals surface area contributed by atoms with Gasteiger partial charge in [0.05, 0.1) is 12.8 Å². The lowest BCUT2D eigenvalue weighted by Crippen LogP contribution is -2.36. The van der Waals surface area contributed by atoms with Gasteiger partial charge in [0.15, 0.2) is 5.71 Å². The van der Waals surface area contributed by atoms with Gasteiger partial charge < -0.3 is 4.74 Å². The number of para-hydroxylation sites is 1. The Bertz CT molecular complexity index is 688. The van der Waals surface area contributed by atoms with Crippen LogP contribution in [0.25, 0.3) is 0 Å². The van der Waals surface area contributed by atoms with E-state index in [4.69, 9.17) is 0 Å². The highest BCUT2D eigenvalue weighted by Gasteiger charge is 2.56. The first-order chi connectivity index (χ1) is 10.1. The number of hydrazone groups is 1. The maximum absolute atomic E-state index is 13.8. The van der Waals surface area contributed by atoms with Crippen LogP contribution in [-0.4, -0.2) is 36.6 Å². The quantitative estimate of drug-likeness (QED) is 0.603. The van der Waals surface area contributed by atoms with E-state index >= 15 is 0 Å². The Morgan fingerprint density at radius 2 is 2.05 bits per heavy atom. The summed E-state index contributed by atoms with van der Waals surface area (Å²) < 4.78 is 18.3. The van der Waals surface area contributed by atoms with Crippen LogP contribution in [0.1, 0.15) is 0 Å². The van der Waals surface area contributed by atoms with Gasteiger partial charge in [0.25, 0.3) is 5.91 Å². The number of halogens is 1. The minimum absolute atomic E-state index is 0.145. The second-order valence-corrected chi connectivity index (χ2v) is 4.54. The number of nitrogens with one attached hydrogen (secondary N) is 1. The van der Waals surface area contributed by atoms with Crippen molar-refractivity contribution in [3.8, 4) is 0 Å². The molecular weight excluding hydrogens is 281 g/mol. The van der Waals surface area contributed by atoms with E-state index in [2.05, 4.69) is 15.3 Å². The summed E-state index contributed by atoms with van der Waals surface area (Å²) in [5.41, 5.74) is 2.11. The molecule has 0 bridgehead atoms. The average molecular weight is 291 g/mol. The summed E-state index contributed by atoms with van der Waals surface area (Å²) in [5.74, 6) is -3.95. The summed E-state index contributed by atoms with van der Waals surface area (Å²) in [6, 6.07) is 4.42. The Kier molecular flexibility index (Phi) is 2.93. The lowest BCUT2D eigenvalue weighted by Gasteiger charge is -2.16. The molecule has 1 aromatic rings. The van der Waals surface area contributed by atoms with Gasteiger partial charge in [-0.1, -0.05) is 12.1 Å². The maximum atomic E-state index is 13.8. The number of amides is 2. The molecule has 21 heavy (non-hydrogen) atoms. The van der Waals surface area contributed by atoms with Gasteiger partial charge in [-0.05, 0) is 12.1 Å². The van der Waals surface area contributed by atoms with Crippen molar-refractivity contribution < 1.29 is 23.5 Å². The molecule has 2 amide bonds. The minimum atomic E-state index is -1.09. The molecule has 0 aliphatic carbocycles. The molecule has 0 spiro atoms. The SMILES string of the molecule is COC(=O)C1=NNC2C(=O)N(c3ccccc3F)C(=O)C12. The molecule has 0 aromatic heterocycles. The van der Waals surface area contributed by atoms with E-state index in [0.29, 0.717) is 0 Å². The fourth-order valence-corrected chi connectivity index (χ4v) is 2.43. The number of nitrogens with zero attached hydrogens (tertiary/aromatic N) is 2. The standard InChI is InChI=1S/C13H10FN3O4/c1-21-13(20)10-8-9(15-16-10)12(19)17(11(8)18)7-5-3-2-4-6(7)14/h2-5,8-9,15H,1H3. The maximum Gasteiger partial charge on any atom is 0.355 e. The number of carbonyl (C=O) groups is 3. The van der Waals surface area contributed by atoms with Crippen LogP contribution < -0.4 is 10.3 Å². The van der Waals surface area contributed by atoms with Gasteiger partial charge in [-0.3, -0.25) is 15.0 Å². The average Bonchev–Trinajstić information content (AvgIpc) is 3.01. The van der Waals surface area contributed by atoms with Gasteiger partial charge in [-0.25, -0.2) is 14.1 Å². The molecule has 2 heterocycles. The van der Waals surface area contributed by atoms with Gasteiger partial charge in [0, 0.05) is 0 Å². The van der Waals surface area contributed by atoms with Crippen LogP contribution in [0.4, 0.5) is 10.1 Å². The van der Waals surface area contributed by atoms with Crippen molar-refractivity contribution in [1.29, 1.82) is 0 Å². The summed E-state index contributed by atoms with van der Waals surface area (Å²) >= 11 is 0. The van der Waals surface area contributed by atoms with Crippen LogP contribution in [0.2, 0.25) is 0 Å². The number of esters is 1. The second kappa shape index (κ2) is 4.65. The third-order valence-electron chi connectivity index (χ3n) is 3.41. The van der Waals surface area contributed by atoms with Gasteiger partial charge >= 0.3 is 5.97 Å². The van der Waals surface area contributed by atoms with Crippen molar-refractivity contribution in [1.82, 2.24) is 5.43 Å². The van der Waals surface area contributed by atoms with Crippen molar-refractivity contribution in [2.75, 3.05) is 12.0 Å². The Hall–Kier alpha value is -2.77. The molecule has 2 aliphatic heterocycles. The third-order valence-corrected chi connectivity index (χ3v) is 3.41. The van der Waals surface area contributed by atoms with E-state index in [-0.39, 0.29) is 11.4 Å². The van der Waals surface area contributed by atoms with Crippen LogP contribution >= 0.6 is 0 Å². The molecular formula is C13H10FN3O4. The number of fused-ring (bicyclic) bond motifs is 1. The predicted molar refractivity (Wildman–Crippen MR) is 68.8 cm³/mol. The van der Waals surface area contributed by atoms with Gasteiger partial charge in [0.2, 0.25) is 5.91 Å². The number of rotatable bonds is 2. The van der Waals surface area contributed by atoms with Crippen LogP contribution in [0.5, 0.6) is 0 Å². The van der Waals surface area contributed by atoms with Crippen LogP contribution in [0.3, 0.4) is 0 Å². The molecule has 7 nitrogen and oxygen atoms in total. The molecule has 2 atom stereocenters. The smallest absolute Gasteiger partial charge is 0.355 e. The summed E-state index contributed by atoms with van der Waals surface area (Å²) in [6.45, 7) is 0. The van der Waals surface area contributed by atoms with Gasteiger partial charge in [-0.2, -0.15) is 5.10 Å². The lowest BCUT2D eigenvalue weighted by atomic mass is 9.99. The van der Waals surface area contributed by atoms with E-state index in [0.717, 1.165) is 18.1 Å². The second-order valence-electron chi connectivity index (χ2n) is 4.54. The number of ether oxygens (including phenoxy) is 1. The molecule has 1 fully saturated rings. The van der Waals surface area contributed by atoms with E-state index in [1.54, 1.807) is 0 Å². The van der Waals surface area contributed by atoms with Crippen molar-refractivity contribution in [3.63, 3.8) is 0 Å². The first kappa shape index (κ1) is 13.2. The highest BCUT2D eigenvalue weighted by Crippen LogP contribution is 2.31. The number of benzene rings is 1. The molecule has 1 N–H and O–H groups in total. The number of imide groups is 1. The molecule has 0 radical (unpaired) electrons. The minimum Gasteiger partial charge on any atom is -0.464 e. The zero-order chi connectivity index (χ0) is 15.1. The van der Waals surface area contributed by atoms with Crippen molar-refractivity contribution >= 4 is 29.2 Å². The molecule has 1 aromatic carbocycles. The number of carbonyl (C=O) groups excluding carboxylic acids is 3. The van der Waals surface area contributed by atoms with Crippen LogP contribution in [0, 0.1) is 11.7 Å².